The monoisotopic (exact) mass is 244 g/mol. The van der Waals surface area contributed by atoms with E-state index < -0.39 is 5.97 Å². The Morgan fingerprint density at radius 2 is 2.24 bits per heavy atom. The van der Waals surface area contributed by atoms with Gasteiger partial charge in [-0.3, -0.25) is 0 Å². The van der Waals surface area contributed by atoms with Crippen LogP contribution in [0.2, 0.25) is 0 Å². The van der Waals surface area contributed by atoms with Gasteiger partial charge >= 0.3 is 12.0 Å². The summed E-state index contributed by atoms with van der Waals surface area (Å²) < 4.78 is 4.78. The summed E-state index contributed by atoms with van der Waals surface area (Å²) >= 11 is 0. The summed E-state index contributed by atoms with van der Waals surface area (Å²) in [6.45, 7) is 4.42. The average molecular weight is 244 g/mol. The van der Waals surface area contributed by atoms with Crippen molar-refractivity contribution in [2.24, 2.45) is 0 Å². The highest BCUT2D eigenvalue weighted by atomic mass is 16.5. The standard InChI is InChI=1S/C11H20N2O4/c1-3-4-5-7-13(2)11(16)12-6-8-17-9-10(14)15/h3H,1,4-9H2,2H3,(H,12,16)(H,14,15). The number of hydrogen-bond acceptors (Lipinski definition) is 3. The third kappa shape index (κ3) is 9.37. The minimum Gasteiger partial charge on any atom is -0.480 e. The lowest BCUT2D eigenvalue weighted by Crippen LogP contribution is -2.39. The van der Waals surface area contributed by atoms with E-state index in [1.165, 1.54) is 0 Å². The Bertz CT molecular complexity index is 256. The maximum Gasteiger partial charge on any atom is 0.329 e. The van der Waals surface area contributed by atoms with Crippen molar-refractivity contribution in [3.05, 3.63) is 12.7 Å². The van der Waals surface area contributed by atoms with Crippen LogP contribution in [0.4, 0.5) is 4.79 Å². The van der Waals surface area contributed by atoms with Crippen molar-refractivity contribution < 1.29 is 19.4 Å². The molecule has 0 saturated heterocycles. The third-order valence-corrected chi connectivity index (χ3v) is 2.00. The number of carbonyl (C=O) groups excluding carboxylic acids is 1. The molecule has 0 radical (unpaired) electrons. The van der Waals surface area contributed by atoms with Gasteiger partial charge in [-0.15, -0.1) is 6.58 Å². The van der Waals surface area contributed by atoms with Crippen molar-refractivity contribution >= 4 is 12.0 Å². The number of nitrogens with one attached hydrogen (secondary N) is 1. The molecule has 0 rings (SSSR count). The number of allylic oxidation sites excluding steroid dienone is 1. The Hall–Kier alpha value is -1.56. The van der Waals surface area contributed by atoms with Crippen LogP contribution in [-0.4, -0.2) is 55.4 Å². The fraction of sp³-hybridized carbons (Fsp3) is 0.636. The van der Waals surface area contributed by atoms with Crippen molar-refractivity contribution in [1.82, 2.24) is 10.2 Å². The molecule has 0 bridgehead atoms. The number of aliphatic carboxylic acids is 1. The number of nitrogens with zero attached hydrogens (tertiary/aromatic N) is 1. The number of hydrogen-bond donors (Lipinski definition) is 2. The molecule has 2 amide bonds. The lowest BCUT2D eigenvalue weighted by Gasteiger charge is -2.17. The molecule has 98 valence electrons. The molecule has 6 nitrogen and oxygen atoms in total. The molecule has 0 saturated carbocycles. The summed E-state index contributed by atoms with van der Waals surface area (Å²) in [7, 11) is 1.70. The second-order valence-corrected chi connectivity index (χ2v) is 3.53. The van der Waals surface area contributed by atoms with Crippen LogP contribution in [0.3, 0.4) is 0 Å². The SMILES string of the molecule is C=CCCCN(C)C(=O)NCCOCC(=O)O. The smallest absolute Gasteiger partial charge is 0.329 e. The first-order valence-corrected chi connectivity index (χ1v) is 5.47. The Kier molecular flexibility index (Phi) is 8.77. The molecule has 0 fully saturated rings. The minimum absolute atomic E-state index is 0.187. The van der Waals surface area contributed by atoms with Crippen molar-refractivity contribution in [3.8, 4) is 0 Å². The van der Waals surface area contributed by atoms with Gasteiger partial charge in [0.1, 0.15) is 6.61 Å². The molecule has 0 spiro atoms. The zero-order chi connectivity index (χ0) is 13.1. The largest absolute Gasteiger partial charge is 0.480 e. The Balaban J connectivity index is 3.50. The van der Waals surface area contributed by atoms with E-state index in [-0.39, 0.29) is 19.2 Å². The van der Waals surface area contributed by atoms with Crippen LogP contribution in [0, 0.1) is 0 Å². The molecule has 0 unspecified atom stereocenters. The van der Waals surface area contributed by atoms with E-state index in [9.17, 15) is 9.59 Å². The van der Waals surface area contributed by atoms with Crippen LogP contribution in [0.1, 0.15) is 12.8 Å². The van der Waals surface area contributed by atoms with Crippen LogP contribution in [0.5, 0.6) is 0 Å². The number of ether oxygens (including phenoxy) is 1. The van der Waals surface area contributed by atoms with Crippen molar-refractivity contribution in [3.63, 3.8) is 0 Å². The lowest BCUT2D eigenvalue weighted by atomic mass is 10.3. The van der Waals surface area contributed by atoms with Gasteiger partial charge in [-0.2, -0.15) is 0 Å². The topological polar surface area (TPSA) is 78.9 Å². The highest BCUT2D eigenvalue weighted by Gasteiger charge is 2.06. The van der Waals surface area contributed by atoms with Crippen LogP contribution < -0.4 is 5.32 Å². The number of rotatable bonds is 9. The zero-order valence-corrected chi connectivity index (χ0v) is 10.1. The predicted octanol–water partition coefficient (Wildman–Crippen LogP) is 0.695. The summed E-state index contributed by atoms with van der Waals surface area (Å²) in [5, 5.41) is 10.9. The molecule has 0 aliphatic heterocycles. The predicted molar refractivity (Wildman–Crippen MR) is 63.9 cm³/mol. The van der Waals surface area contributed by atoms with E-state index in [1.807, 2.05) is 6.08 Å². The number of carboxylic acids is 1. The maximum absolute atomic E-state index is 11.5. The first-order valence-electron chi connectivity index (χ1n) is 5.47. The molecule has 0 aromatic carbocycles. The number of carbonyl (C=O) groups is 2. The number of urea groups is 1. The highest BCUT2D eigenvalue weighted by molar-refractivity contribution is 5.73. The molecule has 17 heavy (non-hydrogen) atoms. The molecule has 0 aromatic heterocycles. The summed E-state index contributed by atoms with van der Waals surface area (Å²) in [4.78, 5) is 23.1. The minimum atomic E-state index is -1.02. The van der Waals surface area contributed by atoms with Crippen molar-refractivity contribution in [2.45, 2.75) is 12.8 Å². The molecular weight excluding hydrogens is 224 g/mol. The van der Waals surface area contributed by atoms with E-state index in [0.717, 1.165) is 12.8 Å². The normalized spacial score (nSPS) is 9.71. The quantitative estimate of drug-likeness (QED) is 0.462. The van der Waals surface area contributed by atoms with Gasteiger partial charge < -0.3 is 20.1 Å². The molecule has 0 aliphatic rings. The second kappa shape index (κ2) is 9.65. The molecule has 0 aliphatic carbocycles. The van der Waals surface area contributed by atoms with Gasteiger partial charge in [0.15, 0.2) is 0 Å². The maximum atomic E-state index is 11.5. The first kappa shape index (κ1) is 15.4. The van der Waals surface area contributed by atoms with Gasteiger partial charge in [-0.1, -0.05) is 6.08 Å². The van der Waals surface area contributed by atoms with Gasteiger partial charge in [0.25, 0.3) is 0 Å². The van der Waals surface area contributed by atoms with Gasteiger partial charge in [-0.05, 0) is 12.8 Å². The van der Waals surface area contributed by atoms with E-state index in [4.69, 9.17) is 9.84 Å². The Morgan fingerprint density at radius 1 is 1.53 bits per heavy atom. The molecule has 6 heteroatoms. The summed E-state index contributed by atoms with van der Waals surface area (Å²) in [6, 6.07) is -0.187. The van der Waals surface area contributed by atoms with Crippen LogP contribution >= 0.6 is 0 Å². The fourth-order valence-corrected chi connectivity index (χ4v) is 1.10. The van der Waals surface area contributed by atoms with E-state index in [0.29, 0.717) is 13.1 Å². The molecule has 2 N–H and O–H groups in total. The second-order valence-electron chi connectivity index (χ2n) is 3.53. The van der Waals surface area contributed by atoms with Crippen molar-refractivity contribution in [1.29, 1.82) is 0 Å². The molecule has 0 atom stereocenters. The Labute approximate surface area is 101 Å². The van der Waals surface area contributed by atoms with E-state index >= 15 is 0 Å². The van der Waals surface area contributed by atoms with E-state index in [2.05, 4.69) is 11.9 Å². The zero-order valence-electron chi connectivity index (χ0n) is 10.1. The number of amides is 2. The van der Waals surface area contributed by atoms with Crippen LogP contribution in [0.15, 0.2) is 12.7 Å². The van der Waals surface area contributed by atoms with Crippen molar-refractivity contribution in [2.75, 3.05) is 33.4 Å². The van der Waals surface area contributed by atoms with Gasteiger partial charge in [0.2, 0.25) is 0 Å². The third-order valence-electron chi connectivity index (χ3n) is 2.00. The Morgan fingerprint density at radius 3 is 2.82 bits per heavy atom. The lowest BCUT2D eigenvalue weighted by molar-refractivity contribution is -0.142. The van der Waals surface area contributed by atoms with Crippen LogP contribution in [0.25, 0.3) is 0 Å². The fourth-order valence-electron chi connectivity index (χ4n) is 1.10. The van der Waals surface area contributed by atoms with E-state index in [1.54, 1.807) is 11.9 Å². The number of carboxylic acid groups (broad SMARTS) is 1. The van der Waals surface area contributed by atoms with Gasteiger partial charge in [-0.25, -0.2) is 9.59 Å². The van der Waals surface area contributed by atoms with Gasteiger partial charge in [0, 0.05) is 20.1 Å². The number of unbranched alkanes of at least 4 members (excludes halogenated alkanes) is 1. The summed E-state index contributed by atoms with van der Waals surface area (Å²) in [5.74, 6) is -1.02. The summed E-state index contributed by atoms with van der Waals surface area (Å²) in [6.07, 6.45) is 3.56. The van der Waals surface area contributed by atoms with Crippen LogP contribution in [-0.2, 0) is 9.53 Å². The van der Waals surface area contributed by atoms with Gasteiger partial charge in [0.05, 0.1) is 6.61 Å². The molecule has 0 aromatic rings. The first-order chi connectivity index (χ1) is 8.07. The summed E-state index contributed by atoms with van der Waals surface area (Å²) in [5.41, 5.74) is 0. The average Bonchev–Trinajstić information content (AvgIpc) is 2.28. The highest BCUT2D eigenvalue weighted by Crippen LogP contribution is 1.93. The molecular formula is C11H20N2O4. The molecule has 0 heterocycles.